The van der Waals surface area contributed by atoms with Crippen molar-refractivity contribution in [2.75, 3.05) is 38.0 Å². The first-order chi connectivity index (χ1) is 14.2. The second-order valence-electron chi connectivity index (χ2n) is 6.71. The summed E-state index contributed by atoms with van der Waals surface area (Å²) in [6, 6.07) is 10.2. The molecule has 9 nitrogen and oxygen atoms in total. The molecule has 1 saturated heterocycles. The van der Waals surface area contributed by atoms with E-state index in [1.807, 2.05) is 0 Å². The van der Waals surface area contributed by atoms with Gasteiger partial charge in [-0.15, -0.1) is 0 Å². The van der Waals surface area contributed by atoms with Crippen molar-refractivity contribution < 1.29 is 23.0 Å². The normalized spacial score (nSPS) is 15.7. The molecule has 30 heavy (non-hydrogen) atoms. The number of amides is 1. The topological polar surface area (TPSA) is 114 Å². The van der Waals surface area contributed by atoms with Crippen LogP contribution in [0.1, 0.15) is 0 Å². The number of halogens is 2. The van der Waals surface area contributed by atoms with E-state index in [1.54, 1.807) is 18.2 Å². The van der Waals surface area contributed by atoms with E-state index < -0.39 is 20.6 Å². The molecule has 0 aliphatic carbocycles. The molecule has 0 unspecified atom stereocenters. The number of nitro benzene ring substituents is 1. The molecule has 0 radical (unpaired) electrons. The first-order valence-corrected chi connectivity index (χ1v) is 11.2. The molecule has 0 saturated carbocycles. The Kier molecular flexibility index (Phi) is 6.94. The predicted molar refractivity (Wildman–Crippen MR) is 113 cm³/mol. The molecular formula is C18H19Cl2N4O5S+. The number of carbonyl (C=O) groups excluding carboxylic acids is 1. The second kappa shape index (κ2) is 9.27. The zero-order valence-electron chi connectivity index (χ0n) is 15.7. The van der Waals surface area contributed by atoms with E-state index >= 15 is 0 Å². The van der Waals surface area contributed by atoms with Crippen LogP contribution in [0.5, 0.6) is 0 Å². The molecule has 1 heterocycles. The van der Waals surface area contributed by atoms with Crippen LogP contribution in [0.15, 0.2) is 47.4 Å². The van der Waals surface area contributed by atoms with Gasteiger partial charge in [0.25, 0.3) is 11.6 Å². The molecule has 1 amide bonds. The Labute approximate surface area is 183 Å². The summed E-state index contributed by atoms with van der Waals surface area (Å²) in [7, 11) is -4.00. The average Bonchev–Trinajstić information content (AvgIpc) is 2.72. The van der Waals surface area contributed by atoms with Gasteiger partial charge in [0, 0.05) is 6.07 Å². The molecule has 2 aromatic carbocycles. The van der Waals surface area contributed by atoms with Crippen LogP contribution < -0.4 is 10.2 Å². The molecule has 0 aromatic heterocycles. The summed E-state index contributed by atoms with van der Waals surface area (Å²) in [5.74, 6) is -0.274. The van der Waals surface area contributed by atoms with Crippen LogP contribution >= 0.6 is 23.2 Å². The van der Waals surface area contributed by atoms with Gasteiger partial charge >= 0.3 is 0 Å². The Morgan fingerprint density at radius 3 is 2.47 bits per heavy atom. The number of para-hydroxylation sites is 1. The lowest BCUT2D eigenvalue weighted by atomic mass is 10.3. The minimum absolute atomic E-state index is 0.127. The highest BCUT2D eigenvalue weighted by molar-refractivity contribution is 7.89. The number of anilines is 1. The van der Waals surface area contributed by atoms with E-state index in [2.05, 4.69) is 5.32 Å². The maximum Gasteiger partial charge on any atom is 0.289 e. The summed E-state index contributed by atoms with van der Waals surface area (Å²) in [6.07, 6.45) is 0. The van der Waals surface area contributed by atoms with E-state index in [1.165, 1.54) is 28.6 Å². The van der Waals surface area contributed by atoms with E-state index in [-0.39, 0.29) is 35.5 Å². The monoisotopic (exact) mass is 473 g/mol. The van der Waals surface area contributed by atoms with Gasteiger partial charge in [-0.25, -0.2) is 8.42 Å². The zero-order chi connectivity index (χ0) is 21.9. The smallest absolute Gasteiger partial charge is 0.289 e. The quantitative estimate of drug-likeness (QED) is 0.486. The van der Waals surface area contributed by atoms with Crippen molar-refractivity contribution in [1.29, 1.82) is 0 Å². The fourth-order valence-corrected chi connectivity index (χ4v) is 5.15. The summed E-state index contributed by atoms with van der Waals surface area (Å²) >= 11 is 12.0. The van der Waals surface area contributed by atoms with E-state index in [9.17, 15) is 23.3 Å². The highest BCUT2D eigenvalue weighted by atomic mass is 35.5. The lowest BCUT2D eigenvalue weighted by molar-refractivity contribution is -0.895. The fraction of sp³-hybridized carbons (Fsp3) is 0.278. The van der Waals surface area contributed by atoms with E-state index in [4.69, 9.17) is 23.2 Å². The summed E-state index contributed by atoms with van der Waals surface area (Å²) < 4.78 is 26.9. The Morgan fingerprint density at radius 2 is 1.80 bits per heavy atom. The van der Waals surface area contributed by atoms with Crippen LogP contribution in [0.2, 0.25) is 10.0 Å². The standard InChI is InChI=1S/C18H18Cl2N4O5S/c19-13-4-3-5-14(18(13)20)21-17(25)12-22-8-10-23(11-9-22)30(28,29)16-7-2-1-6-15(16)24(26)27/h1-7H,8-12H2,(H,21,25)/p+1. The molecule has 2 aromatic rings. The number of carbonyl (C=O) groups is 1. The number of piperazine rings is 1. The van der Waals surface area contributed by atoms with Crippen molar-refractivity contribution in [1.82, 2.24) is 4.31 Å². The van der Waals surface area contributed by atoms with Crippen molar-refractivity contribution in [3.8, 4) is 0 Å². The number of hydrogen-bond acceptors (Lipinski definition) is 5. The largest absolute Gasteiger partial charge is 0.325 e. The van der Waals surface area contributed by atoms with Crippen LogP contribution in [-0.2, 0) is 14.8 Å². The van der Waals surface area contributed by atoms with Crippen LogP contribution in [-0.4, -0.2) is 56.3 Å². The summed E-state index contributed by atoms with van der Waals surface area (Å²) in [5.41, 5.74) is -0.0452. The maximum absolute atomic E-state index is 12.9. The summed E-state index contributed by atoms with van der Waals surface area (Å²) in [6.45, 7) is 1.19. The van der Waals surface area contributed by atoms with Gasteiger partial charge in [-0.1, -0.05) is 41.4 Å². The molecule has 1 aliphatic heterocycles. The molecule has 0 bridgehead atoms. The number of hydrogen-bond donors (Lipinski definition) is 2. The molecule has 1 aliphatic rings. The van der Waals surface area contributed by atoms with Gasteiger partial charge in [0.1, 0.15) is 0 Å². The van der Waals surface area contributed by atoms with Crippen molar-refractivity contribution in [3.63, 3.8) is 0 Å². The first-order valence-electron chi connectivity index (χ1n) is 9.01. The third-order valence-electron chi connectivity index (χ3n) is 4.75. The highest BCUT2D eigenvalue weighted by Gasteiger charge is 2.35. The minimum atomic E-state index is -4.00. The molecule has 160 valence electrons. The van der Waals surface area contributed by atoms with Crippen LogP contribution in [0.4, 0.5) is 11.4 Å². The Hall–Kier alpha value is -2.24. The molecule has 1 fully saturated rings. The van der Waals surface area contributed by atoms with Gasteiger partial charge in [0.15, 0.2) is 11.4 Å². The molecule has 2 N–H and O–H groups in total. The lowest BCUT2D eigenvalue weighted by Gasteiger charge is -2.31. The molecule has 3 rings (SSSR count). The number of nitrogens with one attached hydrogen (secondary N) is 2. The molecule has 0 spiro atoms. The Balaban J connectivity index is 1.61. The first kappa shape index (κ1) is 22.4. The van der Waals surface area contributed by atoms with Gasteiger partial charge in [0.2, 0.25) is 10.0 Å². The summed E-state index contributed by atoms with van der Waals surface area (Å²) in [5, 5.41) is 14.5. The third kappa shape index (κ3) is 4.90. The van der Waals surface area contributed by atoms with Crippen LogP contribution in [0, 0.1) is 10.1 Å². The number of rotatable bonds is 6. The molecular weight excluding hydrogens is 455 g/mol. The minimum Gasteiger partial charge on any atom is -0.325 e. The van der Waals surface area contributed by atoms with E-state index in [0.29, 0.717) is 23.8 Å². The van der Waals surface area contributed by atoms with Gasteiger partial charge in [-0.2, -0.15) is 4.31 Å². The zero-order valence-corrected chi connectivity index (χ0v) is 18.0. The number of nitrogens with zero attached hydrogens (tertiary/aromatic N) is 2. The van der Waals surface area contributed by atoms with Crippen LogP contribution in [0.25, 0.3) is 0 Å². The van der Waals surface area contributed by atoms with Crippen molar-refractivity contribution >= 4 is 50.5 Å². The van der Waals surface area contributed by atoms with Crippen molar-refractivity contribution in [2.45, 2.75) is 4.90 Å². The SMILES string of the molecule is O=C(C[NH+]1CCN(S(=O)(=O)c2ccccc2[N+](=O)[O-])CC1)Nc1cccc(Cl)c1Cl. The average molecular weight is 474 g/mol. The number of quaternary nitrogens is 1. The maximum atomic E-state index is 12.9. The third-order valence-corrected chi connectivity index (χ3v) is 7.51. The lowest BCUT2D eigenvalue weighted by Crippen LogP contribution is -3.15. The number of nitro groups is 1. The van der Waals surface area contributed by atoms with E-state index in [0.717, 1.165) is 4.90 Å². The molecule has 12 heteroatoms. The highest BCUT2D eigenvalue weighted by Crippen LogP contribution is 2.29. The number of sulfonamides is 1. The molecule has 0 atom stereocenters. The van der Waals surface area contributed by atoms with Gasteiger partial charge in [0.05, 0.1) is 46.8 Å². The van der Waals surface area contributed by atoms with Gasteiger partial charge < -0.3 is 10.2 Å². The number of benzene rings is 2. The van der Waals surface area contributed by atoms with Gasteiger partial charge in [-0.05, 0) is 18.2 Å². The van der Waals surface area contributed by atoms with Crippen molar-refractivity contribution in [3.05, 3.63) is 62.6 Å². The van der Waals surface area contributed by atoms with Crippen LogP contribution in [0.3, 0.4) is 0 Å². The Morgan fingerprint density at radius 1 is 1.13 bits per heavy atom. The van der Waals surface area contributed by atoms with Gasteiger partial charge in [-0.3, -0.25) is 14.9 Å². The summed E-state index contributed by atoms with van der Waals surface area (Å²) in [4.78, 5) is 23.4. The Bertz CT molecular complexity index is 1070. The predicted octanol–water partition coefficient (Wildman–Crippen LogP) is 1.43. The fourth-order valence-electron chi connectivity index (χ4n) is 3.21. The second-order valence-corrected chi connectivity index (χ2v) is 9.40. The van der Waals surface area contributed by atoms with Crippen molar-refractivity contribution in [2.24, 2.45) is 0 Å².